The van der Waals surface area contributed by atoms with Crippen LogP contribution in [0.5, 0.6) is 0 Å². The van der Waals surface area contributed by atoms with Crippen LogP contribution in [0.3, 0.4) is 0 Å². The number of carbonyl (C=O) groups excluding carboxylic acids is 1. The van der Waals surface area contributed by atoms with E-state index < -0.39 is 5.54 Å². The minimum Gasteiger partial charge on any atom is -0.397 e. The van der Waals surface area contributed by atoms with E-state index in [1.54, 1.807) is 7.11 Å². The van der Waals surface area contributed by atoms with E-state index in [-0.39, 0.29) is 18.1 Å². The summed E-state index contributed by atoms with van der Waals surface area (Å²) in [5.74, 6) is 0.810. The van der Waals surface area contributed by atoms with Crippen molar-refractivity contribution in [2.45, 2.75) is 50.8 Å². The number of amides is 1. The smallest absolute Gasteiger partial charge is 0.263 e. The number of anilines is 2. The van der Waals surface area contributed by atoms with E-state index >= 15 is 0 Å². The van der Waals surface area contributed by atoms with Crippen molar-refractivity contribution in [3.63, 3.8) is 0 Å². The van der Waals surface area contributed by atoms with E-state index in [1.165, 1.54) is 16.9 Å². The molecule has 0 unspecified atom stereocenters. The number of fused-ring (bicyclic) bond motifs is 2. The molecule has 8 nitrogen and oxygen atoms in total. The molecule has 0 saturated carbocycles. The van der Waals surface area contributed by atoms with Crippen LogP contribution in [0.1, 0.15) is 40.0 Å². The summed E-state index contributed by atoms with van der Waals surface area (Å²) in [5.41, 5.74) is 16.0. The number of nitrogen functional groups attached to an aromatic ring is 1. The summed E-state index contributed by atoms with van der Waals surface area (Å²) in [6.07, 6.45) is 2.40. The molecule has 1 amide bonds. The molecule has 4 heterocycles. The van der Waals surface area contributed by atoms with Gasteiger partial charge >= 0.3 is 0 Å². The summed E-state index contributed by atoms with van der Waals surface area (Å²) in [5, 5.41) is 4.02. The number of nitrogens with two attached hydrogens (primary N) is 2. The lowest BCUT2D eigenvalue weighted by atomic mass is 9.91. The summed E-state index contributed by atoms with van der Waals surface area (Å²) in [7, 11) is 1.71. The predicted octanol–water partition coefficient (Wildman–Crippen LogP) is 2.42. The maximum absolute atomic E-state index is 13.0. The van der Waals surface area contributed by atoms with Gasteiger partial charge in [0.1, 0.15) is 15.5 Å². The molecule has 2 aliphatic rings. The van der Waals surface area contributed by atoms with Crippen molar-refractivity contribution in [3.05, 3.63) is 46.1 Å². The zero-order chi connectivity index (χ0) is 23.3. The van der Waals surface area contributed by atoms with Crippen molar-refractivity contribution in [1.29, 1.82) is 0 Å². The van der Waals surface area contributed by atoms with Crippen molar-refractivity contribution in [2.24, 2.45) is 5.73 Å². The number of methoxy groups -OCH3 is 1. The molecular weight excluding hydrogens is 436 g/mol. The number of aryl methyl sites for hydroxylation is 2. The van der Waals surface area contributed by atoms with Crippen molar-refractivity contribution in [3.8, 4) is 0 Å². The Bertz CT molecular complexity index is 1220. The highest BCUT2D eigenvalue weighted by molar-refractivity contribution is 7.21. The van der Waals surface area contributed by atoms with Gasteiger partial charge in [-0.25, -0.2) is 9.97 Å². The van der Waals surface area contributed by atoms with E-state index in [0.717, 1.165) is 53.2 Å². The molecule has 3 aromatic heterocycles. The number of thiophene rings is 1. The highest BCUT2D eigenvalue weighted by atomic mass is 32.1. The minimum absolute atomic E-state index is 0.0182. The van der Waals surface area contributed by atoms with Gasteiger partial charge in [0.05, 0.1) is 17.3 Å². The van der Waals surface area contributed by atoms with Crippen LogP contribution in [0.2, 0.25) is 0 Å². The molecule has 1 saturated heterocycles. The van der Waals surface area contributed by atoms with Crippen molar-refractivity contribution < 1.29 is 9.53 Å². The van der Waals surface area contributed by atoms with Crippen LogP contribution >= 0.6 is 11.3 Å². The molecule has 5 rings (SSSR count). The zero-order valence-electron chi connectivity index (χ0n) is 19.2. The molecule has 3 aromatic rings. The second kappa shape index (κ2) is 8.23. The number of aromatic nitrogens is 2. The first-order valence-electron chi connectivity index (χ1n) is 11.3. The van der Waals surface area contributed by atoms with Gasteiger partial charge in [-0.15, -0.1) is 11.3 Å². The molecule has 1 fully saturated rings. The quantitative estimate of drug-likeness (QED) is 0.540. The van der Waals surface area contributed by atoms with E-state index in [1.807, 2.05) is 26.0 Å². The fourth-order valence-electron chi connectivity index (χ4n) is 4.91. The molecule has 0 radical (unpaired) electrons. The van der Waals surface area contributed by atoms with E-state index in [4.69, 9.17) is 21.2 Å². The van der Waals surface area contributed by atoms with Crippen LogP contribution in [0.15, 0.2) is 24.3 Å². The van der Waals surface area contributed by atoms with Crippen LogP contribution in [-0.4, -0.2) is 53.8 Å². The summed E-state index contributed by atoms with van der Waals surface area (Å²) in [6.45, 7) is 5.40. The first kappa shape index (κ1) is 22.1. The Hall–Kier alpha value is -2.75. The third-order valence-electron chi connectivity index (χ3n) is 6.79. The average Bonchev–Trinajstić information content (AvgIpc) is 3.28. The standard InChI is InChI=1S/C24H30N6O2S/c1-13-4-7-16-20(25)21(33-23(16)27-13)22(31)28-15-6-8-17-14(10-15)5-9-19(29-17)30-11-18(32-3)24(2,26)12-30/h4-5,7,9,15,18H,6,8,10-12,25-26H2,1-3H3,(H,28,31)/t15-,18-,24-/m0/s1. The maximum Gasteiger partial charge on any atom is 0.263 e. The van der Waals surface area contributed by atoms with Gasteiger partial charge in [0.2, 0.25) is 0 Å². The fourth-order valence-corrected chi connectivity index (χ4v) is 5.96. The van der Waals surface area contributed by atoms with Crippen LogP contribution in [0.4, 0.5) is 11.5 Å². The molecule has 33 heavy (non-hydrogen) atoms. The fraction of sp³-hybridized carbons (Fsp3) is 0.458. The minimum atomic E-state index is -0.398. The first-order valence-corrected chi connectivity index (χ1v) is 12.1. The van der Waals surface area contributed by atoms with Crippen LogP contribution < -0.4 is 21.7 Å². The Morgan fingerprint density at radius 3 is 2.88 bits per heavy atom. The number of nitrogens with zero attached hydrogens (tertiary/aromatic N) is 3. The Morgan fingerprint density at radius 1 is 1.30 bits per heavy atom. The Morgan fingerprint density at radius 2 is 2.12 bits per heavy atom. The number of rotatable bonds is 4. The summed E-state index contributed by atoms with van der Waals surface area (Å²) in [6, 6.07) is 8.08. The Labute approximate surface area is 197 Å². The SMILES string of the molecule is CO[C@H]1CN(c2ccc3c(n2)CC[C@H](NC(=O)c2sc4nc(C)ccc4c2N)C3)C[C@]1(C)N. The van der Waals surface area contributed by atoms with Crippen molar-refractivity contribution in [1.82, 2.24) is 15.3 Å². The lowest BCUT2D eigenvalue weighted by Gasteiger charge is -2.27. The lowest BCUT2D eigenvalue weighted by molar-refractivity contribution is 0.0751. The molecule has 5 N–H and O–H groups in total. The molecule has 9 heteroatoms. The third-order valence-corrected chi connectivity index (χ3v) is 7.90. The Balaban J connectivity index is 1.28. The van der Waals surface area contributed by atoms with Gasteiger partial charge in [0.25, 0.3) is 5.91 Å². The van der Waals surface area contributed by atoms with Crippen LogP contribution in [0, 0.1) is 6.92 Å². The molecule has 1 aliphatic carbocycles. The van der Waals surface area contributed by atoms with Crippen LogP contribution in [-0.2, 0) is 17.6 Å². The molecule has 0 bridgehead atoms. The van der Waals surface area contributed by atoms with Crippen molar-refractivity contribution in [2.75, 3.05) is 30.8 Å². The topological polar surface area (TPSA) is 119 Å². The molecule has 0 aromatic carbocycles. The predicted molar refractivity (Wildman–Crippen MR) is 132 cm³/mol. The van der Waals surface area contributed by atoms with E-state index in [9.17, 15) is 4.79 Å². The Kier molecular flexibility index (Phi) is 5.50. The molecule has 3 atom stereocenters. The van der Waals surface area contributed by atoms with E-state index in [0.29, 0.717) is 17.1 Å². The average molecular weight is 467 g/mol. The summed E-state index contributed by atoms with van der Waals surface area (Å²) in [4.78, 5) is 26.0. The largest absolute Gasteiger partial charge is 0.397 e. The van der Waals surface area contributed by atoms with E-state index in [2.05, 4.69) is 27.3 Å². The highest BCUT2D eigenvalue weighted by Crippen LogP contribution is 2.33. The van der Waals surface area contributed by atoms with Gasteiger partial charge in [-0.05, 0) is 56.9 Å². The lowest BCUT2D eigenvalue weighted by Crippen LogP contribution is -2.48. The number of hydrogen-bond donors (Lipinski definition) is 3. The van der Waals surface area contributed by atoms with Gasteiger partial charge in [0, 0.05) is 43.0 Å². The molecule has 1 aliphatic heterocycles. The second-order valence-corrected chi connectivity index (χ2v) is 10.4. The highest BCUT2D eigenvalue weighted by Gasteiger charge is 2.41. The monoisotopic (exact) mass is 466 g/mol. The zero-order valence-corrected chi connectivity index (χ0v) is 20.0. The number of hydrogen-bond acceptors (Lipinski definition) is 8. The summed E-state index contributed by atoms with van der Waals surface area (Å²) < 4.78 is 5.57. The van der Waals surface area contributed by atoms with Gasteiger partial charge in [-0.2, -0.15) is 0 Å². The normalized spacial score (nSPS) is 24.8. The number of ether oxygens (including phenoxy) is 1. The van der Waals surface area contributed by atoms with Gasteiger partial charge in [0.15, 0.2) is 0 Å². The number of carbonyl (C=O) groups is 1. The number of nitrogens with one attached hydrogen (secondary N) is 1. The molecule has 174 valence electrons. The van der Waals surface area contributed by atoms with Gasteiger partial charge in [-0.1, -0.05) is 6.07 Å². The van der Waals surface area contributed by atoms with Gasteiger partial charge in [-0.3, -0.25) is 4.79 Å². The first-order chi connectivity index (χ1) is 15.7. The number of pyridine rings is 2. The van der Waals surface area contributed by atoms with Crippen molar-refractivity contribution >= 4 is 39.0 Å². The maximum atomic E-state index is 13.0. The second-order valence-electron chi connectivity index (χ2n) is 9.45. The third kappa shape index (κ3) is 4.05. The molecular formula is C24H30N6O2S. The summed E-state index contributed by atoms with van der Waals surface area (Å²) >= 11 is 1.35. The van der Waals surface area contributed by atoms with Crippen LogP contribution in [0.25, 0.3) is 10.2 Å². The molecule has 0 spiro atoms. The van der Waals surface area contributed by atoms with Gasteiger partial charge < -0.3 is 26.4 Å².